The van der Waals surface area contributed by atoms with E-state index in [2.05, 4.69) is 45.3 Å². The lowest BCUT2D eigenvalue weighted by molar-refractivity contribution is 0.340. The minimum absolute atomic E-state index is 0.229. The lowest BCUT2D eigenvalue weighted by Crippen LogP contribution is -2.44. The fraction of sp³-hybridized carbons (Fsp3) is 1.00. The largest absolute Gasteiger partial charge is 0.317 e. The molecule has 2 atom stereocenters. The van der Waals surface area contributed by atoms with Gasteiger partial charge in [0.2, 0.25) is 0 Å². The molecule has 0 aromatic rings. The van der Waals surface area contributed by atoms with Crippen molar-refractivity contribution in [2.24, 2.45) is 0 Å². The fourth-order valence-electron chi connectivity index (χ4n) is 1.45. The minimum Gasteiger partial charge on any atom is -0.317 e. The molecule has 2 heteroatoms. The standard InChI is InChI=1S/C10H24N2/c1-8(11-6)7-9(2)12-10(3,4)5/h8-9,11-12H,7H2,1-6H3. The van der Waals surface area contributed by atoms with Crippen molar-refractivity contribution in [2.75, 3.05) is 7.05 Å². The summed E-state index contributed by atoms with van der Waals surface area (Å²) in [6.07, 6.45) is 1.17. The smallest absolute Gasteiger partial charge is 0.00989 e. The van der Waals surface area contributed by atoms with Crippen LogP contribution in [0.25, 0.3) is 0 Å². The molecule has 0 aromatic heterocycles. The fourth-order valence-corrected chi connectivity index (χ4v) is 1.45. The first-order valence-electron chi connectivity index (χ1n) is 4.80. The van der Waals surface area contributed by atoms with E-state index in [1.54, 1.807) is 0 Å². The number of rotatable bonds is 4. The van der Waals surface area contributed by atoms with Crippen LogP contribution in [0.2, 0.25) is 0 Å². The van der Waals surface area contributed by atoms with Gasteiger partial charge in [-0.2, -0.15) is 0 Å². The maximum Gasteiger partial charge on any atom is 0.00989 e. The average molecular weight is 172 g/mol. The molecule has 0 bridgehead atoms. The lowest BCUT2D eigenvalue weighted by atomic mass is 10.0. The second-order valence-corrected chi connectivity index (χ2v) is 4.72. The Kier molecular flexibility index (Phi) is 4.80. The quantitative estimate of drug-likeness (QED) is 0.675. The van der Waals surface area contributed by atoms with Crippen molar-refractivity contribution in [3.05, 3.63) is 0 Å². The summed E-state index contributed by atoms with van der Waals surface area (Å²) in [4.78, 5) is 0. The van der Waals surface area contributed by atoms with Crippen molar-refractivity contribution in [2.45, 2.75) is 58.7 Å². The van der Waals surface area contributed by atoms with E-state index >= 15 is 0 Å². The van der Waals surface area contributed by atoms with Crippen LogP contribution in [-0.2, 0) is 0 Å². The van der Waals surface area contributed by atoms with E-state index in [0.717, 1.165) is 0 Å². The van der Waals surface area contributed by atoms with E-state index in [-0.39, 0.29) is 5.54 Å². The van der Waals surface area contributed by atoms with E-state index < -0.39 is 0 Å². The van der Waals surface area contributed by atoms with Gasteiger partial charge >= 0.3 is 0 Å². The molecule has 74 valence electrons. The summed E-state index contributed by atoms with van der Waals surface area (Å²) in [6.45, 7) is 11.1. The van der Waals surface area contributed by atoms with Crippen molar-refractivity contribution in [1.82, 2.24) is 10.6 Å². The zero-order valence-electron chi connectivity index (χ0n) is 9.36. The second kappa shape index (κ2) is 4.83. The van der Waals surface area contributed by atoms with E-state index in [1.807, 2.05) is 7.05 Å². The second-order valence-electron chi connectivity index (χ2n) is 4.72. The van der Waals surface area contributed by atoms with Crippen molar-refractivity contribution in [1.29, 1.82) is 0 Å². The molecule has 2 nitrogen and oxygen atoms in total. The van der Waals surface area contributed by atoms with Crippen molar-refractivity contribution in [3.8, 4) is 0 Å². The van der Waals surface area contributed by atoms with Crippen molar-refractivity contribution in [3.63, 3.8) is 0 Å². The van der Waals surface area contributed by atoms with Gasteiger partial charge < -0.3 is 10.6 Å². The summed E-state index contributed by atoms with van der Waals surface area (Å²) in [5.74, 6) is 0. The summed E-state index contributed by atoms with van der Waals surface area (Å²) >= 11 is 0. The predicted molar refractivity (Wildman–Crippen MR) is 55.5 cm³/mol. The first-order valence-corrected chi connectivity index (χ1v) is 4.80. The molecule has 0 saturated heterocycles. The molecule has 0 aliphatic carbocycles. The lowest BCUT2D eigenvalue weighted by Gasteiger charge is -2.27. The van der Waals surface area contributed by atoms with E-state index in [9.17, 15) is 0 Å². The van der Waals surface area contributed by atoms with Crippen LogP contribution in [0.5, 0.6) is 0 Å². The highest BCUT2D eigenvalue weighted by molar-refractivity contribution is 4.77. The molecule has 12 heavy (non-hydrogen) atoms. The van der Waals surface area contributed by atoms with Gasteiger partial charge in [0.25, 0.3) is 0 Å². The van der Waals surface area contributed by atoms with Crippen LogP contribution in [0.3, 0.4) is 0 Å². The third-order valence-corrected chi connectivity index (χ3v) is 1.88. The first kappa shape index (κ1) is 11.9. The first-order chi connectivity index (χ1) is 5.35. The van der Waals surface area contributed by atoms with Gasteiger partial charge in [0.15, 0.2) is 0 Å². The topological polar surface area (TPSA) is 24.1 Å². The maximum absolute atomic E-state index is 3.54. The van der Waals surface area contributed by atoms with E-state index in [4.69, 9.17) is 0 Å². The zero-order valence-corrected chi connectivity index (χ0v) is 9.36. The maximum atomic E-state index is 3.54. The van der Waals surface area contributed by atoms with Crippen LogP contribution < -0.4 is 10.6 Å². The van der Waals surface area contributed by atoms with Gasteiger partial charge in [-0.1, -0.05) is 0 Å². The van der Waals surface area contributed by atoms with Crippen LogP contribution in [0.1, 0.15) is 41.0 Å². The molecule has 0 saturated carbocycles. The third-order valence-electron chi connectivity index (χ3n) is 1.88. The van der Waals surface area contributed by atoms with Gasteiger partial charge in [-0.3, -0.25) is 0 Å². The Balaban J connectivity index is 3.66. The molecule has 2 N–H and O–H groups in total. The summed E-state index contributed by atoms with van der Waals surface area (Å²) in [7, 11) is 2.01. The van der Waals surface area contributed by atoms with E-state index in [0.29, 0.717) is 12.1 Å². The SMILES string of the molecule is CNC(C)CC(C)NC(C)(C)C. The molecule has 0 heterocycles. The van der Waals surface area contributed by atoms with Gasteiger partial charge in [0.05, 0.1) is 0 Å². The van der Waals surface area contributed by atoms with Crippen molar-refractivity contribution >= 4 is 0 Å². The third kappa shape index (κ3) is 6.62. The summed E-state index contributed by atoms with van der Waals surface area (Å²) in [6, 6.07) is 1.17. The predicted octanol–water partition coefficient (Wildman–Crippen LogP) is 1.76. The number of nitrogens with one attached hydrogen (secondary N) is 2. The number of hydrogen-bond donors (Lipinski definition) is 2. The van der Waals surface area contributed by atoms with Crippen LogP contribution in [-0.4, -0.2) is 24.7 Å². The molecule has 0 rings (SSSR count). The monoisotopic (exact) mass is 172 g/mol. The molecule has 0 spiro atoms. The highest BCUT2D eigenvalue weighted by Crippen LogP contribution is 2.04. The van der Waals surface area contributed by atoms with E-state index in [1.165, 1.54) is 6.42 Å². The minimum atomic E-state index is 0.229. The Morgan fingerprint density at radius 2 is 1.58 bits per heavy atom. The normalized spacial score (nSPS) is 17.5. The molecule has 0 aromatic carbocycles. The molecule has 0 aliphatic heterocycles. The van der Waals surface area contributed by atoms with Gasteiger partial charge in [0, 0.05) is 17.6 Å². The molecule has 2 unspecified atom stereocenters. The molecular formula is C10H24N2. The van der Waals surface area contributed by atoms with Crippen LogP contribution in [0, 0.1) is 0 Å². The molecular weight excluding hydrogens is 148 g/mol. The van der Waals surface area contributed by atoms with Crippen LogP contribution in [0.15, 0.2) is 0 Å². The Bertz CT molecular complexity index is 115. The Morgan fingerprint density at radius 3 is 1.92 bits per heavy atom. The van der Waals surface area contributed by atoms with Gasteiger partial charge in [-0.15, -0.1) is 0 Å². The van der Waals surface area contributed by atoms with Gasteiger partial charge in [-0.05, 0) is 48.1 Å². The molecule has 0 aliphatic rings. The molecule has 0 amide bonds. The highest BCUT2D eigenvalue weighted by atomic mass is 15.0. The Hall–Kier alpha value is -0.0800. The van der Waals surface area contributed by atoms with Crippen molar-refractivity contribution < 1.29 is 0 Å². The summed E-state index contributed by atoms with van der Waals surface area (Å²) in [5.41, 5.74) is 0.229. The Morgan fingerprint density at radius 1 is 1.08 bits per heavy atom. The average Bonchev–Trinajstić information content (AvgIpc) is 1.82. The highest BCUT2D eigenvalue weighted by Gasteiger charge is 2.14. The van der Waals surface area contributed by atoms with Gasteiger partial charge in [-0.25, -0.2) is 0 Å². The van der Waals surface area contributed by atoms with Crippen LogP contribution >= 0.6 is 0 Å². The summed E-state index contributed by atoms with van der Waals surface area (Å²) < 4.78 is 0. The molecule has 0 fully saturated rings. The number of hydrogen-bond acceptors (Lipinski definition) is 2. The summed E-state index contributed by atoms with van der Waals surface area (Å²) in [5, 5.41) is 6.79. The Labute approximate surface area is 77.1 Å². The molecule has 0 radical (unpaired) electrons. The van der Waals surface area contributed by atoms with Gasteiger partial charge in [0.1, 0.15) is 0 Å². The van der Waals surface area contributed by atoms with Crippen LogP contribution in [0.4, 0.5) is 0 Å². The zero-order chi connectivity index (χ0) is 9.78.